The molecule has 1 fully saturated rings. The molecule has 1 aromatic carbocycles. The van der Waals surface area contributed by atoms with E-state index in [1.807, 2.05) is 0 Å². The van der Waals surface area contributed by atoms with E-state index in [0.29, 0.717) is 9.37 Å². The van der Waals surface area contributed by atoms with Gasteiger partial charge in [0.05, 0.1) is 17.5 Å². The van der Waals surface area contributed by atoms with E-state index in [9.17, 15) is 18.0 Å². The molecule has 0 saturated carbocycles. The van der Waals surface area contributed by atoms with E-state index < -0.39 is 34.3 Å². The number of hydrogen-bond donors (Lipinski definition) is 2. The van der Waals surface area contributed by atoms with Gasteiger partial charge in [0, 0.05) is 10.9 Å². The summed E-state index contributed by atoms with van der Waals surface area (Å²) >= 11 is 3.18. The molecule has 120 valence electrons. The predicted molar refractivity (Wildman–Crippen MR) is 77.0 cm³/mol. The Morgan fingerprint density at radius 2 is 1.82 bits per heavy atom. The van der Waals surface area contributed by atoms with E-state index in [-0.39, 0.29) is 17.9 Å². The van der Waals surface area contributed by atoms with Crippen LogP contribution in [0.5, 0.6) is 0 Å². The fourth-order valence-electron chi connectivity index (χ4n) is 2.15. The van der Waals surface area contributed by atoms with Crippen molar-refractivity contribution >= 4 is 38.1 Å². The molecule has 2 rings (SSSR count). The average molecular weight is 394 g/mol. The summed E-state index contributed by atoms with van der Waals surface area (Å²) in [5.74, 6) is -1.34. The van der Waals surface area contributed by atoms with E-state index in [1.54, 1.807) is 0 Å². The average Bonchev–Trinajstić information content (AvgIpc) is 2.82. The number of rotatable bonds is 4. The van der Waals surface area contributed by atoms with Crippen LogP contribution < -0.4 is 0 Å². The van der Waals surface area contributed by atoms with E-state index in [2.05, 4.69) is 15.9 Å². The van der Waals surface area contributed by atoms with Gasteiger partial charge in [-0.3, -0.25) is 9.08 Å². The molecular weight excluding hydrogens is 382 g/mol. The number of likely N-dealkylation sites (tertiary alicyclic amines) is 1. The fourth-order valence-corrected chi connectivity index (χ4v) is 3.49. The number of carboxylic acid groups (broad SMARTS) is 2. The van der Waals surface area contributed by atoms with Crippen LogP contribution in [0.3, 0.4) is 0 Å². The Balaban J connectivity index is 2.15. The zero-order valence-electron chi connectivity index (χ0n) is 11.0. The third-order valence-corrected chi connectivity index (χ3v) is 5.06. The van der Waals surface area contributed by atoms with Gasteiger partial charge >= 0.3 is 12.1 Å². The minimum atomic E-state index is -4.09. The van der Waals surface area contributed by atoms with Gasteiger partial charge in [0.15, 0.2) is 0 Å². The van der Waals surface area contributed by atoms with Crippen LogP contribution in [0.2, 0.25) is 0 Å². The van der Waals surface area contributed by atoms with Crippen molar-refractivity contribution in [2.24, 2.45) is 0 Å². The molecule has 1 aliphatic rings. The second kappa shape index (κ2) is 6.23. The first-order chi connectivity index (χ1) is 10.2. The molecule has 10 heteroatoms. The first kappa shape index (κ1) is 16.7. The summed E-state index contributed by atoms with van der Waals surface area (Å²) in [6, 6.07) is 4.39. The fraction of sp³-hybridized carbons (Fsp3) is 0.333. The van der Waals surface area contributed by atoms with Crippen molar-refractivity contribution in [2.45, 2.75) is 23.5 Å². The highest BCUT2D eigenvalue weighted by atomic mass is 79.9. The lowest BCUT2D eigenvalue weighted by Crippen LogP contribution is -2.39. The Kier molecular flexibility index (Phi) is 4.73. The van der Waals surface area contributed by atoms with Crippen LogP contribution >= 0.6 is 15.9 Å². The Bertz CT molecular complexity index is 666. The normalized spacial score (nSPS) is 21.8. The van der Waals surface area contributed by atoms with E-state index in [4.69, 9.17) is 14.4 Å². The predicted octanol–water partition coefficient (Wildman–Crippen LogP) is 1.36. The van der Waals surface area contributed by atoms with Crippen molar-refractivity contribution in [3.63, 3.8) is 0 Å². The summed E-state index contributed by atoms with van der Waals surface area (Å²) in [4.78, 5) is 22.6. The Morgan fingerprint density at radius 3 is 2.27 bits per heavy atom. The number of halogens is 1. The van der Waals surface area contributed by atoms with E-state index in [0.717, 1.165) is 0 Å². The van der Waals surface area contributed by atoms with Crippen LogP contribution in [0.1, 0.15) is 6.42 Å². The van der Waals surface area contributed by atoms with Crippen molar-refractivity contribution in [1.82, 2.24) is 4.90 Å². The zero-order valence-corrected chi connectivity index (χ0v) is 13.4. The first-order valence-electron chi connectivity index (χ1n) is 6.12. The van der Waals surface area contributed by atoms with E-state index >= 15 is 0 Å². The smallest absolute Gasteiger partial charge is 0.408 e. The van der Waals surface area contributed by atoms with Gasteiger partial charge in [0.25, 0.3) is 10.1 Å². The minimum Gasteiger partial charge on any atom is -0.480 e. The molecule has 1 saturated heterocycles. The monoisotopic (exact) mass is 393 g/mol. The van der Waals surface area contributed by atoms with Gasteiger partial charge < -0.3 is 10.2 Å². The largest absolute Gasteiger partial charge is 0.480 e. The number of carboxylic acids is 1. The molecule has 0 aliphatic carbocycles. The molecule has 0 bridgehead atoms. The van der Waals surface area contributed by atoms with Crippen molar-refractivity contribution < 1.29 is 32.4 Å². The van der Waals surface area contributed by atoms with Crippen LogP contribution in [0.4, 0.5) is 4.79 Å². The number of hydrogen-bond acceptors (Lipinski definition) is 5. The first-order valence-corrected chi connectivity index (χ1v) is 8.32. The summed E-state index contributed by atoms with van der Waals surface area (Å²) in [6.07, 6.45) is -2.69. The standard InChI is InChI=1S/C12H12BrNO7S/c13-7-1-3-9(4-2-7)22(19,20)21-8-5-10(11(15)16)14(6-8)12(17)18/h1-4,8,10H,5-6H2,(H,15,16)(H,17,18). The molecule has 1 aliphatic heterocycles. The lowest BCUT2D eigenvalue weighted by atomic mass is 10.2. The molecule has 2 N–H and O–H groups in total. The zero-order chi connectivity index (χ0) is 16.5. The molecule has 0 spiro atoms. The Labute approximate surface area is 134 Å². The summed E-state index contributed by atoms with van der Waals surface area (Å²) in [6.45, 7) is -0.317. The van der Waals surface area contributed by atoms with Gasteiger partial charge in [0.1, 0.15) is 6.04 Å². The van der Waals surface area contributed by atoms with Crippen LogP contribution in [-0.2, 0) is 19.1 Å². The number of benzene rings is 1. The lowest BCUT2D eigenvalue weighted by Gasteiger charge is -2.16. The number of amides is 1. The molecule has 2 unspecified atom stereocenters. The van der Waals surface area contributed by atoms with Gasteiger partial charge in [-0.1, -0.05) is 15.9 Å². The molecule has 2 atom stereocenters. The molecule has 1 amide bonds. The number of nitrogens with zero attached hydrogens (tertiary/aromatic N) is 1. The second-order valence-electron chi connectivity index (χ2n) is 4.65. The maximum atomic E-state index is 12.1. The third-order valence-electron chi connectivity index (χ3n) is 3.16. The quantitative estimate of drug-likeness (QED) is 0.740. The molecule has 8 nitrogen and oxygen atoms in total. The second-order valence-corrected chi connectivity index (χ2v) is 7.14. The third kappa shape index (κ3) is 3.57. The molecule has 0 aromatic heterocycles. The van der Waals surface area contributed by atoms with Crippen LogP contribution in [0, 0.1) is 0 Å². The summed E-state index contributed by atoms with van der Waals surface area (Å²) < 4.78 is 29.9. The summed E-state index contributed by atoms with van der Waals surface area (Å²) in [5, 5.41) is 17.9. The molecular formula is C12H12BrNO7S. The highest BCUT2D eigenvalue weighted by molar-refractivity contribution is 9.10. The highest BCUT2D eigenvalue weighted by Crippen LogP contribution is 2.25. The molecule has 22 heavy (non-hydrogen) atoms. The molecule has 1 aromatic rings. The SMILES string of the molecule is O=C(O)C1CC(OS(=O)(=O)c2ccc(Br)cc2)CN1C(=O)O. The summed E-state index contributed by atoms with van der Waals surface area (Å²) in [7, 11) is -4.09. The van der Waals surface area contributed by atoms with Crippen LogP contribution in [0.25, 0.3) is 0 Å². The van der Waals surface area contributed by atoms with Gasteiger partial charge in [-0.25, -0.2) is 9.59 Å². The molecule has 1 heterocycles. The van der Waals surface area contributed by atoms with Crippen molar-refractivity contribution in [1.29, 1.82) is 0 Å². The van der Waals surface area contributed by atoms with Crippen LogP contribution in [-0.4, -0.2) is 54.3 Å². The lowest BCUT2D eigenvalue weighted by molar-refractivity contribution is -0.141. The maximum absolute atomic E-state index is 12.1. The van der Waals surface area contributed by atoms with Crippen molar-refractivity contribution in [3.8, 4) is 0 Å². The Morgan fingerprint density at radius 1 is 1.23 bits per heavy atom. The summed E-state index contributed by atoms with van der Waals surface area (Å²) in [5.41, 5.74) is 0. The van der Waals surface area contributed by atoms with Crippen LogP contribution in [0.15, 0.2) is 33.6 Å². The topological polar surface area (TPSA) is 121 Å². The minimum absolute atomic E-state index is 0.0867. The maximum Gasteiger partial charge on any atom is 0.408 e. The number of aliphatic carboxylic acids is 1. The van der Waals surface area contributed by atoms with Gasteiger partial charge in [-0.15, -0.1) is 0 Å². The van der Waals surface area contributed by atoms with Crippen molar-refractivity contribution in [3.05, 3.63) is 28.7 Å². The Hall–Kier alpha value is -1.65. The van der Waals surface area contributed by atoms with Gasteiger partial charge in [-0.05, 0) is 24.3 Å². The van der Waals surface area contributed by atoms with Crippen molar-refractivity contribution in [2.75, 3.05) is 6.54 Å². The number of carbonyl (C=O) groups is 2. The van der Waals surface area contributed by atoms with E-state index in [1.165, 1.54) is 24.3 Å². The molecule has 0 radical (unpaired) electrons. The van der Waals surface area contributed by atoms with Gasteiger partial charge in [0.2, 0.25) is 0 Å². The van der Waals surface area contributed by atoms with Gasteiger partial charge in [-0.2, -0.15) is 8.42 Å². The highest BCUT2D eigenvalue weighted by Gasteiger charge is 2.42.